The number of rotatable bonds is 5. The first-order chi connectivity index (χ1) is 9.58. The second-order valence-corrected chi connectivity index (χ2v) is 5.74. The number of hydrogen-bond donors (Lipinski definition) is 2. The van der Waals surface area contributed by atoms with Gasteiger partial charge in [-0.05, 0) is 30.5 Å². The van der Waals surface area contributed by atoms with Gasteiger partial charge in [-0.3, -0.25) is 4.79 Å². The number of ether oxygens (including phenoxy) is 1. The Morgan fingerprint density at radius 2 is 2.15 bits per heavy atom. The Labute approximate surface area is 124 Å². The molecule has 1 saturated carbocycles. The lowest BCUT2D eigenvalue weighted by Gasteiger charge is -2.28. The summed E-state index contributed by atoms with van der Waals surface area (Å²) in [5.41, 5.74) is 0.326. The molecule has 5 heteroatoms. The average Bonchev–Trinajstić information content (AvgIpc) is 2.90. The molecule has 0 unspecified atom stereocenters. The number of aliphatic hydroxyl groups is 1. The van der Waals surface area contributed by atoms with Gasteiger partial charge in [-0.25, -0.2) is 0 Å². The Morgan fingerprint density at radius 3 is 2.70 bits per heavy atom. The molecule has 0 radical (unpaired) electrons. The van der Waals surface area contributed by atoms with Crippen molar-refractivity contribution in [3.8, 4) is 5.75 Å². The van der Waals surface area contributed by atoms with Crippen LogP contribution in [0, 0.1) is 0 Å². The molecule has 1 aliphatic rings. The topological polar surface area (TPSA) is 58.6 Å². The Hall–Kier alpha value is -1.26. The van der Waals surface area contributed by atoms with Crippen molar-refractivity contribution in [2.75, 3.05) is 13.7 Å². The van der Waals surface area contributed by atoms with Crippen LogP contribution in [0.2, 0.25) is 5.02 Å². The highest BCUT2D eigenvalue weighted by molar-refractivity contribution is 6.31. The number of carbonyl (C=O) groups excluding carboxylic acids is 1. The maximum Gasteiger partial charge on any atom is 0.224 e. The summed E-state index contributed by atoms with van der Waals surface area (Å²) in [5.74, 6) is 0.565. The highest BCUT2D eigenvalue weighted by Crippen LogP contribution is 2.29. The molecule has 2 N–H and O–H groups in total. The number of hydrogen-bond acceptors (Lipinski definition) is 3. The third kappa shape index (κ3) is 3.44. The van der Waals surface area contributed by atoms with Gasteiger partial charge >= 0.3 is 0 Å². The van der Waals surface area contributed by atoms with Crippen LogP contribution in [0.25, 0.3) is 0 Å². The van der Waals surface area contributed by atoms with E-state index in [9.17, 15) is 9.90 Å². The molecule has 0 bridgehead atoms. The van der Waals surface area contributed by atoms with E-state index in [1.165, 1.54) is 0 Å². The Bertz CT molecular complexity index is 484. The van der Waals surface area contributed by atoms with E-state index in [0.717, 1.165) is 31.2 Å². The first-order valence-electron chi connectivity index (χ1n) is 6.83. The summed E-state index contributed by atoms with van der Waals surface area (Å²) >= 11 is 6.13. The van der Waals surface area contributed by atoms with Gasteiger partial charge in [-0.2, -0.15) is 0 Å². The zero-order valence-corrected chi connectivity index (χ0v) is 12.4. The molecule has 0 heterocycles. The number of nitrogens with one attached hydrogen (secondary N) is 1. The minimum absolute atomic E-state index is 0.00488. The highest BCUT2D eigenvalue weighted by Gasteiger charge is 2.34. The zero-order chi connectivity index (χ0) is 14.6. The van der Waals surface area contributed by atoms with Gasteiger partial charge < -0.3 is 15.2 Å². The number of aliphatic hydroxyl groups excluding tert-OH is 1. The number of benzene rings is 1. The third-order valence-corrected chi connectivity index (χ3v) is 4.23. The fraction of sp³-hybridized carbons (Fsp3) is 0.533. The predicted molar refractivity (Wildman–Crippen MR) is 78.1 cm³/mol. The monoisotopic (exact) mass is 297 g/mol. The lowest BCUT2D eigenvalue weighted by atomic mass is 9.98. The van der Waals surface area contributed by atoms with Crippen molar-refractivity contribution in [3.05, 3.63) is 28.8 Å². The van der Waals surface area contributed by atoms with E-state index in [4.69, 9.17) is 16.3 Å². The maximum absolute atomic E-state index is 12.1. The van der Waals surface area contributed by atoms with Crippen LogP contribution in [0.15, 0.2) is 18.2 Å². The molecular weight excluding hydrogens is 278 g/mol. The molecule has 1 amide bonds. The average molecular weight is 298 g/mol. The van der Waals surface area contributed by atoms with Crippen LogP contribution < -0.4 is 10.1 Å². The van der Waals surface area contributed by atoms with Crippen molar-refractivity contribution >= 4 is 17.5 Å². The van der Waals surface area contributed by atoms with Gasteiger partial charge in [0, 0.05) is 5.02 Å². The van der Waals surface area contributed by atoms with E-state index in [-0.39, 0.29) is 18.9 Å². The molecule has 110 valence electrons. The van der Waals surface area contributed by atoms with E-state index in [0.29, 0.717) is 10.8 Å². The van der Waals surface area contributed by atoms with Crippen LogP contribution in [-0.2, 0) is 11.2 Å². The van der Waals surface area contributed by atoms with E-state index in [2.05, 4.69) is 5.32 Å². The summed E-state index contributed by atoms with van der Waals surface area (Å²) in [7, 11) is 1.57. The minimum Gasteiger partial charge on any atom is -0.497 e. The van der Waals surface area contributed by atoms with Crippen LogP contribution in [0.5, 0.6) is 5.75 Å². The van der Waals surface area contributed by atoms with Crippen molar-refractivity contribution in [3.63, 3.8) is 0 Å². The lowest BCUT2D eigenvalue weighted by Crippen LogP contribution is -2.49. The third-order valence-electron chi connectivity index (χ3n) is 3.88. The molecule has 1 fully saturated rings. The first-order valence-corrected chi connectivity index (χ1v) is 7.21. The largest absolute Gasteiger partial charge is 0.497 e. The molecule has 1 aliphatic carbocycles. The first kappa shape index (κ1) is 15.1. The smallest absolute Gasteiger partial charge is 0.224 e. The molecule has 2 rings (SSSR count). The second kappa shape index (κ2) is 6.46. The zero-order valence-electron chi connectivity index (χ0n) is 11.6. The SMILES string of the molecule is COc1ccc(CC(=O)NC2(CO)CCCC2)c(Cl)c1. The van der Waals surface area contributed by atoms with E-state index >= 15 is 0 Å². The predicted octanol–water partition coefficient (Wildman–Crippen LogP) is 2.31. The molecule has 1 aromatic rings. The highest BCUT2D eigenvalue weighted by atomic mass is 35.5. The number of amides is 1. The fourth-order valence-corrected chi connectivity index (χ4v) is 2.92. The van der Waals surface area contributed by atoms with Crippen LogP contribution in [0.4, 0.5) is 0 Å². The molecule has 0 saturated heterocycles. The van der Waals surface area contributed by atoms with Crippen LogP contribution >= 0.6 is 11.6 Å². The van der Waals surface area contributed by atoms with Crippen LogP contribution in [0.3, 0.4) is 0 Å². The molecular formula is C15H20ClNO3. The van der Waals surface area contributed by atoms with Gasteiger partial charge in [0.1, 0.15) is 5.75 Å². The summed E-state index contributed by atoms with van der Waals surface area (Å²) in [6, 6.07) is 5.27. The molecule has 0 spiro atoms. The van der Waals surface area contributed by atoms with Crippen molar-refractivity contribution in [1.29, 1.82) is 0 Å². The molecule has 20 heavy (non-hydrogen) atoms. The standard InChI is InChI=1S/C15H20ClNO3/c1-20-12-5-4-11(13(16)9-12)8-14(19)17-15(10-18)6-2-3-7-15/h4-5,9,18H,2-3,6-8,10H2,1H3,(H,17,19). The van der Waals surface area contributed by atoms with Gasteiger partial charge in [0.2, 0.25) is 5.91 Å². The van der Waals surface area contributed by atoms with Crippen LogP contribution in [-0.4, -0.2) is 30.3 Å². The normalized spacial score (nSPS) is 16.9. The summed E-state index contributed by atoms with van der Waals surface area (Å²) in [4.78, 5) is 12.1. The Morgan fingerprint density at radius 1 is 1.45 bits per heavy atom. The van der Waals surface area contributed by atoms with Crippen molar-refractivity contribution in [2.24, 2.45) is 0 Å². The van der Waals surface area contributed by atoms with Crippen molar-refractivity contribution < 1.29 is 14.6 Å². The van der Waals surface area contributed by atoms with Gasteiger partial charge in [-0.15, -0.1) is 0 Å². The molecule has 1 aromatic carbocycles. The number of methoxy groups -OCH3 is 1. The van der Waals surface area contributed by atoms with Gasteiger partial charge in [0.05, 0.1) is 25.7 Å². The summed E-state index contributed by atoms with van der Waals surface area (Å²) in [6.07, 6.45) is 3.98. The van der Waals surface area contributed by atoms with Crippen molar-refractivity contribution in [2.45, 2.75) is 37.6 Å². The van der Waals surface area contributed by atoms with E-state index < -0.39 is 5.54 Å². The van der Waals surface area contributed by atoms with E-state index in [1.807, 2.05) is 0 Å². The van der Waals surface area contributed by atoms with Gasteiger partial charge in [0.15, 0.2) is 0 Å². The van der Waals surface area contributed by atoms with E-state index in [1.54, 1.807) is 25.3 Å². The Balaban J connectivity index is 2.01. The second-order valence-electron chi connectivity index (χ2n) is 5.33. The number of carbonyl (C=O) groups is 1. The molecule has 4 nitrogen and oxygen atoms in total. The fourth-order valence-electron chi connectivity index (χ4n) is 2.69. The van der Waals surface area contributed by atoms with Gasteiger partial charge in [-0.1, -0.05) is 30.5 Å². The summed E-state index contributed by atoms with van der Waals surface area (Å²) in [5, 5.41) is 13.0. The van der Waals surface area contributed by atoms with Crippen LogP contribution in [0.1, 0.15) is 31.2 Å². The van der Waals surface area contributed by atoms with Gasteiger partial charge in [0.25, 0.3) is 0 Å². The lowest BCUT2D eigenvalue weighted by molar-refractivity contribution is -0.122. The quantitative estimate of drug-likeness (QED) is 0.877. The maximum atomic E-state index is 12.1. The molecule has 0 aliphatic heterocycles. The van der Waals surface area contributed by atoms with Crippen molar-refractivity contribution in [1.82, 2.24) is 5.32 Å². The summed E-state index contributed by atoms with van der Waals surface area (Å²) < 4.78 is 5.08. The Kier molecular flexibility index (Phi) is 4.89. The molecule has 0 atom stereocenters. The molecule has 0 aromatic heterocycles. The summed E-state index contributed by atoms with van der Waals surface area (Å²) in [6.45, 7) is -0.00488. The minimum atomic E-state index is -0.434. The number of halogens is 1.